The Labute approximate surface area is 269 Å². The number of amides is 2. The number of likely N-dealkylation sites (N-methyl/N-ethyl adjacent to an activating group) is 1. The molecule has 0 N–H and O–H groups in total. The topological polar surface area (TPSA) is 79.8 Å². The maximum Gasteiger partial charge on any atom is 0.573 e. The number of aryl methyl sites for hydroxylation is 1. The first-order valence-corrected chi connectivity index (χ1v) is 16.0. The molecule has 7 nitrogen and oxygen atoms in total. The lowest BCUT2D eigenvalue weighted by Crippen LogP contribution is -2.43. The second-order valence-corrected chi connectivity index (χ2v) is 12.1. The fourth-order valence-electron chi connectivity index (χ4n) is 5.90. The number of ether oxygens (including phenoxy) is 1. The molecule has 0 radical (unpaired) electrons. The smallest absolute Gasteiger partial charge is 0.406 e. The predicted octanol–water partition coefficient (Wildman–Crippen LogP) is 7.77. The van der Waals surface area contributed by atoms with E-state index in [1.165, 1.54) is 28.4 Å². The van der Waals surface area contributed by atoms with E-state index < -0.39 is 18.2 Å². The van der Waals surface area contributed by atoms with Crippen molar-refractivity contribution in [3.8, 4) is 16.9 Å². The molecule has 1 unspecified atom stereocenters. The quantitative estimate of drug-likeness (QED) is 0.173. The van der Waals surface area contributed by atoms with Crippen LogP contribution < -0.4 is 4.74 Å². The van der Waals surface area contributed by atoms with Gasteiger partial charge in [-0.3, -0.25) is 14.4 Å². The Kier molecular flexibility index (Phi) is 9.91. The number of nitrogens with zero attached hydrogens (tertiary/aromatic N) is 3. The van der Waals surface area contributed by atoms with E-state index in [0.717, 1.165) is 10.6 Å². The van der Waals surface area contributed by atoms with Gasteiger partial charge in [0.05, 0.1) is 16.6 Å². The Morgan fingerprint density at radius 3 is 2.26 bits per heavy atom. The van der Waals surface area contributed by atoms with E-state index in [2.05, 4.69) is 9.72 Å². The lowest BCUT2D eigenvalue weighted by molar-refractivity contribution is -0.274. The number of carbonyl (C=O) groups excluding carboxylic acids is 3. The molecule has 1 saturated heterocycles. The summed E-state index contributed by atoms with van der Waals surface area (Å²) in [6.45, 7) is 6.27. The highest BCUT2D eigenvalue weighted by Gasteiger charge is 2.34. The zero-order valence-corrected chi connectivity index (χ0v) is 26.5. The van der Waals surface area contributed by atoms with Crippen LogP contribution in [0.3, 0.4) is 0 Å². The van der Waals surface area contributed by atoms with Crippen LogP contribution in [-0.2, 0) is 0 Å². The summed E-state index contributed by atoms with van der Waals surface area (Å²) >= 11 is 1.37. The van der Waals surface area contributed by atoms with Gasteiger partial charge in [0.2, 0.25) is 0 Å². The van der Waals surface area contributed by atoms with Gasteiger partial charge in [-0.1, -0.05) is 60.7 Å². The summed E-state index contributed by atoms with van der Waals surface area (Å²) in [6, 6.07) is 19.7. The first-order chi connectivity index (χ1) is 22.0. The number of hydrogen-bond acceptors (Lipinski definition) is 6. The molecular formula is C35H34F3N3O4S. The number of carbonyl (C=O) groups is 3. The van der Waals surface area contributed by atoms with Crippen molar-refractivity contribution in [2.45, 2.75) is 51.9 Å². The molecule has 0 aliphatic carbocycles. The van der Waals surface area contributed by atoms with Crippen LogP contribution in [0.15, 0.2) is 78.2 Å². The molecule has 240 valence electrons. The van der Waals surface area contributed by atoms with Crippen LogP contribution in [0.4, 0.5) is 13.2 Å². The van der Waals surface area contributed by atoms with E-state index in [1.807, 2.05) is 43.3 Å². The third kappa shape index (κ3) is 7.31. The predicted molar refractivity (Wildman–Crippen MR) is 170 cm³/mol. The Morgan fingerprint density at radius 1 is 1.02 bits per heavy atom. The summed E-state index contributed by atoms with van der Waals surface area (Å²) in [6.07, 6.45) is -3.74. The zero-order chi connectivity index (χ0) is 33.0. The first-order valence-electron chi connectivity index (χ1n) is 15.1. The molecule has 46 heavy (non-hydrogen) atoms. The molecule has 1 aromatic heterocycles. The number of hydrogen-bond donors (Lipinski definition) is 0. The number of benzene rings is 3. The Hall–Kier alpha value is -4.51. The fourth-order valence-corrected chi connectivity index (χ4v) is 6.87. The molecule has 2 heterocycles. The van der Waals surface area contributed by atoms with Gasteiger partial charge in [-0.15, -0.1) is 24.5 Å². The van der Waals surface area contributed by atoms with Crippen molar-refractivity contribution < 1.29 is 32.3 Å². The third-order valence-electron chi connectivity index (χ3n) is 8.21. The zero-order valence-electron chi connectivity index (χ0n) is 25.7. The van der Waals surface area contributed by atoms with Crippen LogP contribution in [0.25, 0.3) is 11.1 Å². The number of halogens is 3. The van der Waals surface area contributed by atoms with Crippen molar-refractivity contribution >= 4 is 28.9 Å². The molecule has 5 rings (SSSR count). The van der Waals surface area contributed by atoms with Gasteiger partial charge in [0.25, 0.3) is 11.8 Å². The molecule has 1 fully saturated rings. The Bertz CT molecular complexity index is 1700. The highest BCUT2D eigenvalue weighted by molar-refractivity contribution is 7.09. The summed E-state index contributed by atoms with van der Waals surface area (Å²) in [5.74, 6) is -1.28. The number of alkyl halides is 3. The molecule has 0 bridgehead atoms. The maximum absolute atomic E-state index is 13.8. The highest BCUT2D eigenvalue weighted by Crippen LogP contribution is 2.36. The number of rotatable bonds is 9. The van der Waals surface area contributed by atoms with Gasteiger partial charge in [-0.25, -0.2) is 4.98 Å². The SMILES string of the molecule is CCN(C(=O)c1csc(C2CCN(C(=O)c3cc(OC(F)(F)F)cc(C)c3-c3ccccc3)CC2)n1)C(C)C(=O)c1ccccc1. The molecule has 1 aliphatic heterocycles. The van der Waals surface area contributed by atoms with Crippen molar-refractivity contribution in [3.05, 3.63) is 106 Å². The second kappa shape index (κ2) is 13.9. The number of aromatic nitrogens is 1. The van der Waals surface area contributed by atoms with Gasteiger partial charge in [0.15, 0.2) is 5.78 Å². The molecule has 4 aromatic rings. The lowest BCUT2D eigenvalue weighted by atomic mass is 9.92. The van der Waals surface area contributed by atoms with Crippen LogP contribution in [0.1, 0.15) is 74.4 Å². The number of thiazole rings is 1. The Morgan fingerprint density at radius 2 is 1.65 bits per heavy atom. The number of Topliss-reactive ketones (excluding diaryl/α,β-unsaturated/α-hetero) is 1. The fraction of sp³-hybridized carbons (Fsp3) is 0.314. The van der Waals surface area contributed by atoms with Gasteiger partial charge < -0.3 is 14.5 Å². The van der Waals surface area contributed by atoms with Crippen LogP contribution >= 0.6 is 11.3 Å². The number of likely N-dealkylation sites (tertiary alicyclic amines) is 1. The van der Waals surface area contributed by atoms with E-state index in [1.54, 1.807) is 48.4 Å². The van der Waals surface area contributed by atoms with Gasteiger partial charge in [0.1, 0.15) is 11.4 Å². The second-order valence-electron chi connectivity index (χ2n) is 11.2. The van der Waals surface area contributed by atoms with E-state index in [0.29, 0.717) is 49.2 Å². The van der Waals surface area contributed by atoms with E-state index in [9.17, 15) is 27.6 Å². The number of ketones is 1. The van der Waals surface area contributed by atoms with Gasteiger partial charge in [-0.2, -0.15) is 0 Å². The minimum absolute atomic E-state index is 0.00396. The van der Waals surface area contributed by atoms with E-state index >= 15 is 0 Å². The molecule has 0 saturated carbocycles. The molecule has 0 spiro atoms. The average Bonchev–Trinajstić information content (AvgIpc) is 3.55. The van der Waals surface area contributed by atoms with E-state index in [4.69, 9.17) is 0 Å². The van der Waals surface area contributed by atoms with Crippen LogP contribution in [0, 0.1) is 6.92 Å². The minimum atomic E-state index is -4.89. The number of piperidine rings is 1. The standard InChI is InChI=1S/C35H34F3N3O4S/c1-4-41(23(3)31(42)25-13-9-6-10-14-25)34(44)29-21-46-32(39-29)26-15-17-40(18-16-26)33(43)28-20-27(45-35(36,37)38)19-22(2)30(28)24-11-7-5-8-12-24/h5-14,19-21,23,26H,4,15-18H2,1-3H3. The van der Waals surface area contributed by atoms with Crippen molar-refractivity contribution in [2.75, 3.05) is 19.6 Å². The van der Waals surface area contributed by atoms with Crippen LogP contribution in [0.5, 0.6) is 5.75 Å². The summed E-state index contributed by atoms with van der Waals surface area (Å²) in [4.78, 5) is 48.1. The highest BCUT2D eigenvalue weighted by atomic mass is 32.1. The minimum Gasteiger partial charge on any atom is -0.406 e. The van der Waals surface area contributed by atoms with Crippen molar-refractivity contribution in [3.63, 3.8) is 0 Å². The molecule has 3 aromatic carbocycles. The van der Waals surface area contributed by atoms with Gasteiger partial charge in [-0.05, 0) is 62.4 Å². The maximum atomic E-state index is 13.8. The summed E-state index contributed by atoms with van der Waals surface area (Å²) in [7, 11) is 0. The monoisotopic (exact) mass is 649 g/mol. The molecular weight excluding hydrogens is 615 g/mol. The normalized spacial score (nSPS) is 14.5. The van der Waals surface area contributed by atoms with E-state index in [-0.39, 0.29) is 34.8 Å². The molecule has 1 atom stereocenters. The van der Waals surface area contributed by atoms with Crippen LogP contribution in [-0.4, -0.2) is 64.4 Å². The van der Waals surface area contributed by atoms with Crippen molar-refractivity contribution in [2.24, 2.45) is 0 Å². The van der Waals surface area contributed by atoms with Crippen molar-refractivity contribution in [1.29, 1.82) is 0 Å². The summed E-state index contributed by atoms with van der Waals surface area (Å²) < 4.78 is 43.5. The first kappa shape index (κ1) is 32.9. The Balaban J connectivity index is 1.30. The lowest BCUT2D eigenvalue weighted by Gasteiger charge is -2.32. The molecule has 2 amide bonds. The average molecular weight is 650 g/mol. The van der Waals surface area contributed by atoms with Gasteiger partial charge >= 0.3 is 6.36 Å². The van der Waals surface area contributed by atoms with Crippen molar-refractivity contribution in [1.82, 2.24) is 14.8 Å². The summed E-state index contributed by atoms with van der Waals surface area (Å²) in [5, 5.41) is 2.48. The van der Waals surface area contributed by atoms with Crippen LogP contribution in [0.2, 0.25) is 0 Å². The third-order valence-corrected chi connectivity index (χ3v) is 9.22. The molecule has 1 aliphatic rings. The summed E-state index contributed by atoms with van der Waals surface area (Å²) in [5.41, 5.74) is 2.73. The molecule has 11 heteroatoms. The largest absolute Gasteiger partial charge is 0.573 e. The van der Waals surface area contributed by atoms with Gasteiger partial charge in [0, 0.05) is 36.5 Å².